The third-order valence-corrected chi connectivity index (χ3v) is 4.18. The van der Waals surface area contributed by atoms with Gasteiger partial charge in [-0.1, -0.05) is 17.7 Å². The number of hydrogen-bond acceptors (Lipinski definition) is 2. The molecule has 0 heterocycles. The highest BCUT2D eigenvalue weighted by Gasteiger charge is 2.68. The Hall–Kier alpha value is -1.06. The lowest BCUT2D eigenvalue weighted by Gasteiger charge is -2.70. The van der Waals surface area contributed by atoms with Crippen LogP contribution in [0.3, 0.4) is 0 Å². The van der Waals surface area contributed by atoms with Crippen LogP contribution in [-0.2, 0) is 0 Å². The number of nitrogens with one attached hydrogen (secondary N) is 1. The van der Waals surface area contributed by atoms with Crippen molar-refractivity contribution in [3.8, 4) is 0 Å². The first kappa shape index (κ1) is 11.1. The van der Waals surface area contributed by atoms with Crippen molar-refractivity contribution < 1.29 is 9.90 Å². The molecule has 90 valence electrons. The molecule has 0 aromatic heterocycles. The topological polar surface area (TPSA) is 49.3 Å². The van der Waals surface area contributed by atoms with Crippen molar-refractivity contribution in [2.24, 2.45) is 5.41 Å². The summed E-state index contributed by atoms with van der Waals surface area (Å²) in [5, 5.41) is 12.8. The van der Waals surface area contributed by atoms with Crippen LogP contribution < -0.4 is 5.32 Å². The Labute approximate surface area is 105 Å². The molecule has 3 aliphatic rings. The Kier molecular flexibility index (Phi) is 2.25. The van der Waals surface area contributed by atoms with E-state index in [1.165, 1.54) is 0 Å². The Morgan fingerprint density at radius 1 is 1.41 bits per heavy atom. The maximum Gasteiger partial charge on any atom is 0.251 e. The summed E-state index contributed by atoms with van der Waals surface area (Å²) in [4.78, 5) is 12.0. The molecule has 4 heteroatoms. The van der Waals surface area contributed by atoms with Gasteiger partial charge in [0.05, 0.1) is 0 Å². The minimum Gasteiger partial charge on any atom is -0.396 e. The van der Waals surface area contributed by atoms with Crippen molar-refractivity contribution in [3.05, 3.63) is 34.9 Å². The van der Waals surface area contributed by atoms with Crippen molar-refractivity contribution in [2.45, 2.75) is 24.8 Å². The average molecular weight is 252 g/mol. The maximum absolute atomic E-state index is 12.0. The molecule has 0 unspecified atom stereocenters. The van der Waals surface area contributed by atoms with E-state index in [9.17, 15) is 4.79 Å². The van der Waals surface area contributed by atoms with E-state index in [0.717, 1.165) is 19.3 Å². The van der Waals surface area contributed by atoms with Gasteiger partial charge in [0, 0.05) is 28.1 Å². The number of halogens is 1. The molecule has 1 amide bonds. The molecule has 1 aromatic rings. The van der Waals surface area contributed by atoms with E-state index in [-0.39, 0.29) is 23.5 Å². The molecule has 3 aliphatic carbocycles. The lowest BCUT2D eigenvalue weighted by molar-refractivity contribution is -0.172. The summed E-state index contributed by atoms with van der Waals surface area (Å²) in [6.07, 6.45) is 2.72. The second-order valence-electron chi connectivity index (χ2n) is 5.43. The fraction of sp³-hybridized carbons (Fsp3) is 0.462. The molecular formula is C13H14ClNO2. The molecule has 0 saturated heterocycles. The predicted octanol–water partition coefficient (Wildman–Crippen LogP) is 1.98. The highest BCUT2D eigenvalue weighted by Crippen LogP contribution is 2.66. The molecule has 2 bridgehead atoms. The highest BCUT2D eigenvalue weighted by atomic mass is 35.5. The van der Waals surface area contributed by atoms with Gasteiger partial charge < -0.3 is 10.4 Å². The van der Waals surface area contributed by atoms with Crippen molar-refractivity contribution in [1.29, 1.82) is 0 Å². The first-order valence-electron chi connectivity index (χ1n) is 5.76. The first-order chi connectivity index (χ1) is 8.06. The Morgan fingerprint density at radius 2 is 2.12 bits per heavy atom. The monoisotopic (exact) mass is 251 g/mol. The number of benzene rings is 1. The minimum atomic E-state index is -0.0706. The smallest absolute Gasteiger partial charge is 0.251 e. The highest BCUT2D eigenvalue weighted by molar-refractivity contribution is 6.30. The Morgan fingerprint density at radius 3 is 2.71 bits per heavy atom. The van der Waals surface area contributed by atoms with Gasteiger partial charge in [-0.05, 0) is 37.5 Å². The second-order valence-corrected chi connectivity index (χ2v) is 5.87. The van der Waals surface area contributed by atoms with Gasteiger partial charge in [0.2, 0.25) is 0 Å². The molecule has 3 nitrogen and oxygen atoms in total. The Balaban J connectivity index is 1.66. The first-order valence-corrected chi connectivity index (χ1v) is 6.13. The number of carbonyl (C=O) groups is 1. The van der Waals surface area contributed by atoms with E-state index in [2.05, 4.69) is 5.32 Å². The minimum absolute atomic E-state index is 0.0534. The van der Waals surface area contributed by atoms with Crippen LogP contribution >= 0.6 is 11.6 Å². The fourth-order valence-corrected chi connectivity index (χ4v) is 3.43. The standard InChI is InChI=1S/C13H14ClNO2/c14-10-3-1-2-9(4-10)11(17)15-13-5-12(6-13,7-13)8-16/h1-4,16H,5-8H2,(H,15,17). The van der Waals surface area contributed by atoms with E-state index in [4.69, 9.17) is 16.7 Å². The van der Waals surface area contributed by atoms with Gasteiger partial charge in [-0.2, -0.15) is 0 Å². The van der Waals surface area contributed by atoms with Crippen molar-refractivity contribution >= 4 is 17.5 Å². The number of amides is 1. The average Bonchev–Trinajstić information content (AvgIpc) is 2.21. The number of aliphatic hydroxyl groups is 1. The second kappa shape index (κ2) is 3.47. The van der Waals surface area contributed by atoms with Crippen molar-refractivity contribution in [3.63, 3.8) is 0 Å². The van der Waals surface area contributed by atoms with Crippen LogP contribution in [0.15, 0.2) is 24.3 Å². The fourth-order valence-electron chi connectivity index (χ4n) is 3.24. The zero-order chi connectivity index (χ0) is 12.1. The lowest BCUT2D eigenvalue weighted by Crippen LogP contribution is -2.75. The lowest BCUT2D eigenvalue weighted by atomic mass is 9.39. The van der Waals surface area contributed by atoms with E-state index in [1.54, 1.807) is 24.3 Å². The number of rotatable bonds is 3. The summed E-state index contributed by atoms with van der Waals surface area (Å²) in [5.41, 5.74) is 0.657. The van der Waals surface area contributed by atoms with Crippen LogP contribution in [0, 0.1) is 5.41 Å². The SMILES string of the molecule is O=C(NC12CC(CO)(C1)C2)c1cccc(Cl)c1. The molecule has 1 aromatic carbocycles. The third-order valence-electron chi connectivity index (χ3n) is 3.94. The molecule has 3 saturated carbocycles. The number of aliphatic hydroxyl groups excluding tert-OH is 1. The summed E-state index contributed by atoms with van der Waals surface area (Å²) in [7, 11) is 0. The van der Waals surface area contributed by atoms with Gasteiger partial charge in [0.15, 0.2) is 0 Å². The van der Waals surface area contributed by atoms with E-state index in [0.29, 0.717) is 10.6 Å². The predicted molar refractivity (Wildman–Crippen MR) is 65.0 cm³/mol. The zero-order valence-corrected chi connectivity index (χ0v) is 10.1. The quantitative estimate of drug-likeness (QED) is 0.863. The summed E-state index contributed by atoms with van der Waals surface area (Å²) in [5.74, 6) is -0.0706. The van der Waals surface area contributed by atoms with E-state index in [1.807, 2.05) is 0 Å². The summed E-state index contributed by atoms with van der Waals surface area (Å²) in [6, 6.07) is 6.95. The van der Waals surface area contributed by atoms with Crippen LogP contribution in [0.25, 0.3) is 0 Å². The molecule has 4 rings (SSSR count). The van der Waals surface area contributed by atoms with Gasteiger partial charge >= 0.3 is 0 Å². The molecule has 0 spiro atoms. The van der Waals surface area contributed by atoms with Crippen molar-refractivity contribution in [2.75, 3.05) is 6.61 Å². The van der Waals surface area contributed by atoms with Crippen LogP contribution in [0.4, 0.5) is 0 Å². The molecule has 2 N–H and O–H groups in total. The van der Waals surface area contributed by atoms with Gasteiger partial charge in [-0.25, -0.2) is 0 Å². The maximum atomic E-state index is 12.0. The molecule has 0 aliphatic heterocycles. The van der Waals surface area contributed by atoms with Crippen LogP contribution in [0.5, 0.6) is 0 Å². The third kappa shape index (κ3) is 1.65. The number of carbonyl (C=O) groups excluding carboxylic acids is 1. The molecule has 0 atom stereocenters. The van der Waals surface area contributed by atoms with E-state index >= 15 is 0 Å². The normalized spacial score (nSPS) is 33.5. The Bertz CT molecular complexity index is 466. The van der Waals surface area contributed by atoms with Crippen molar-refractivity contribution in [1.82, 2.24) is 5.32 Å². The largest absolute Gasteiger partial charge is 0.396 e. The molecular weight excluding hydrogens is 238 g/mol. The summed E-state index contributed by atoms with van der Waals surface area (Å²) < 4.78 is 0. The van der Waals surface area contributed by atoms with Gasteiger partial charge in [-0.15, -0.1) is 0 Å². The summed E-state index contributed by atoms with van der Waals surface area (Å²) >= 11 is 5.85. The summed E-state index contributed by atoms with van der Waals surface area (Å²) in [6.45, 7) is 0.238. The van der Waals surface area contributed by atoms with Gasteiger partial charge in [-0.3, -0.25) is 4.79 Å². The molecule has 3 fully saturated rings. The molecule has 17 heavy (non-hydrogen) atoms. The molecule has 0 radical (unpaired) electrons. The van der Waals surface area contributed by atoms with Crippen LogP contribution in [-0.4, -0.2) is 23.2 Å². The van der Waals surface area contributed by atoms with Crippen LogP contribution in [0.2, 0.25) is 5.02 Å². The van der Waals surface area contributed by atoms with Gasteiger partial charge in [0.25, 0.3) is 5.91 Å². The zero-order valence-electron chi connectivity index (χ0n) is 9.37. The van der Waals surface area contributed by atoms with Gasteiger partial charge in [0.1, 0.15) is 0 Å². The van der Waals surface area contributed by atoms with Crippen LogP contribution in [0.1, 0.15) is 29.6 Å². The van der Waals surface area contributed by atoms with E-state index < -0.39 is 0 Å². The number of hydrogen-bond donors (Lipinski definition) is 2.